The first kappa shape index (κ1) is 15.5. The smallest absolute Gasteiger partial charge is 0.199 e. The molecule has 0 saturated heterocycles. The van der Waals surface area contributed by atoms with Crippen molar-refractivity contribution in [2.75, 3.05) is 17.9 Å². The molecule has 0 atom stereocenters. The molecule has 0 bridgehead atoms. The number of thioether (sulfide) groups is 1. The summed E-state index contributed by atoms with van der Waals surface area (Å²) in [5, 5.41) is 7.53. The highest BCUT2D eigenvalue weighted by atomic mass is 32.2. The number of ether oxygens (including phenoxy) is 1. The van der Waals surface area contributed by atoms with Crippen LogP contribution in [0.2, 0.25) is 0 Å². The number of nitrogens with zero attached hydrogens (tertiary/aromatic N) is 5. The van der Waals surface area contributed by atoms with Crippen LogP contribution < -0.4 is 10.5 Å². The van der Waals surface area contributed by atoms with Crippen LogP contribution in [0.3, 0.4) is 0 Å². The van der Waals surface area contributed by atoms with Gasteiger partial charge in [-0.15, -0.1) is 11.8 Å². The van der Waals surface area contributed by atoms with Gasteiger partial charge in [-0.3, -0.25) is 9.55 Å². The molecule has 0 aliphatic heterocycles. The summed E-state index contributed by atoms with van der Waals surface area (Å²) >= 11 is 1.62. The van der Waals surface area contributed by atoms with Gasteiger partial charge in [0.05, 0.1) is 11.7 Å². The van der Waals surface area contributed by atoms with Gasteiger partial charge in [0.15, 0.2) is 17.3 Å². The minimum absolute atomic E-state index is 0.185. The maximum atomic E-state index is 5.86. The Kier molecular flexibility index (Phi) is 3.98. The van der Waals surface area contributed by atoms with E-state index in [1.807, 2.05) is 41.2 Å². The summed E-state index contributed by atoms with van der Waals surface area (Å²) in [5.74, 6) is 2.13. The van der Waals surface area contributed by atoms with Gasteiger partial charge in [0, 0.05) is 11.9 Å². The van der Waals surface area contributed by atoms with Crippen LogP contribution in [-0.4, -0.2) is 37.0 Å². The predicted molar refractivity (Wildman–Crippen MR) is 95.6 cm³/mol. The molecule has 8 nitrogen and oxygen atoms in total. The molecule has 0 fully saturated rings. The zero-order valence-electron chi connectivity index (χ0n) is 13.3. The van der Waals surface area contributed by atoms with Crippen molar-refractivity contribution in [2.24, 2.45) is 0 Å². The van der Waals surface area contributed by atoms with E-state index >= 15 is 0 Å². The van der Waals surface area contributed by atoms with Crippen molar-refractivity contribution in [3.05, 3.63) is 42.7 Å². The fourth-order valence-electron chi connectivity index (χ4n) is 2.52. The van der Waals surface area contributed by atoms with Crippen molar-refractivity contribution in [3.8, 4) is 23.0 Å². The average molecular weight is 354 g/mol. The molecule has 3 aromatic heterocycles. The maximum Gasteiger partial charge on any atom is 0.199 e. The van der Waals surface area contributed by atoms with Gasteiger partial charge in [0.2, 0.25) is 0 Å². The predicted octanol–water partition coefficient (Wildman–Crippen LogP) is 2.75. The van der Waals surface area contributed by atoms with Crippen LogP contribution in [0.5, 0.6) is 5.75 Å². The van der Waals surface area contributed by atoms with E-state index in [0.717, 1.165) is 22.5 Å². The van der Waals surface area contributed by atoms with E-state index in [-0.39, 0.29) is 5.82 Å². The lowest BCUT2D eigenvalue weighted by molar-refractivity contribution is 0.310. The highest BCUT2D eigenvalue weighted by molar-refractivity contribution is 7.98. The third kappa shape index (κ3) is 2.78. The number of nitrogen functional groups attached to an aromatic ring is 1. The molecule has 4 aromatic rings. The maximum absolute atomic E-state index is 5.86. The van der Waals surface area contributed by atoms with Crippen molar-refractivity contribution >= 4 is 28.6 Å². The molecule has 9 heteroatoms. The second kappa shape index (κ2) is 6.44. The summed E-state index contributed by atoms with van der Waals surface area (Å²) in [7, 11) is 0. The van der Waals surface area contributed by atoms with E-state index in [9.17, 15) is 0 Å². The Labute approximate surface area is 147 Å². The number of pyridine rings is 1. The van der Waals surface area contributed by atoms with Crippen LogP contribution in [0, 0.1) is 0 Å². The number of hydrogen-bond acceptors (Lipinski definition) is 8. The number of fused-ring (bicyclic) bond motifs is 1. The molecule has 0 saturated carbocycles. The number of rotatable bonds is 5. The number of benzene rings is 1. The molecule has 2 N–H and O–H groups in total. The Hall–Kier alpha value is -3.07. The summed E-state index contributed by atoms with van der Waals surface area (Å²) < 4.78 is 12.3. The van der Waals surface area contributed by atoms with Crippen molar-refractivity contribution in [1.29, 1.82) is 0 Å². The van der Waals surface area contributed by atoms with Gasteiger partial charge >= 0.3 is 0 Å². The fraction of sp³-hybridized carbons (Fsp3) is 0.125. The summed E-state index contributed by atoms with van der Waals surface area (Å²) in [6.45, 7) is 0. The van der Waals surface area contributed by atoms with Crippen molar-refractivity contribution in [2.45, 2.75) is 0 Å². The quantitative estimate of drug-likeness (QED) is 0.546. The molecule has 0 aliphatic carbocycles. The molecular weight excluding hydrogens is 340 g/mol. The van der Waals surface area contributed by atoms with Gasteiger partial charge in [-0.25, -0.2) is 9.61 Å². The largest absolute Gasteiger partial charge is 0.483 e. The molecule has 1 aromatic carbocycles. The Bertz CT molecular complexity index is 1010. The topological polar surface area (TPSA) is 105 Å². The van der Waals surface area contributed by atoms with Gasteiger partial charge in [0.1, 0.15) is 17.2 Å². The number of nitrogens with two attached hydrogens (primary N) is 1. The minimum Gasteiger partial charge on any atom is -0.483 e. The molecule has 0 unspecified atom stereocenters. The molecule has 0 amide bonds. The van der Waals surface area contributed by atoms with E-state index in [0.29, 0.717) is 17.5 Å². The monoisotopic (exact) mass is 354 g/mol. The molecule has 0 radical (unpaired) electrons. The number of hydrogen-bond donors (Lipinski definition) is 1. The normalized spacial score (nSPS) is 11.1. The van der Waals surface area contributed by atoms with Gasteiger partial charge in [-0.1, -0.05) is 0 Å². The van der Waals surface area contributed by atoms with Gasteiger partial charge in [-0.2, -0.15) is 0 Å². The summed E-state index contributed by atoms with van der Waals surface area (Å²) in [4.78, 5) is 8.71. The summed E-state index contributed by atoms with van der Waals surface area (Å²) in [5.41, 5.74) is 8.75. The highest BCUT2D eigenvalue weighted by Crippen LogP contribution is 2.30. The fourth-order valence-corrected chi connectivity index (χ4v) is 2.78. The Morgan fingerprint density at radius 2 is 2.04 bits per heavy atom. The van der Waals surface area contributed by atoms with Gasteiger partial charge < -0.3 is 10.5 Å². The van der Waals surface area contributed by atoms with Crippen molar-refractivity contribution in [3.63, 3.8) is 0 Å². The molecular formula is C16H14N6O2S. The first-order valence-electron chi connectivity index (χ1n) is 7.41. The number of anilines is 1. The van der Waals surface area contributed by atoms with Crippen LogP contribution in [-0.2, 0) is 0 Å². The Morgan fingerprint density at radius 1 is 1.20 bits per heavy atom. The lowest BCUT2D eigenvalue weighted by atomic mass is 10.2. The average Bonchev–Trinajstić information content (AvgIpc) is 3.23. The third-order valence-electron chi connectivity index (χ3n) is 3.62. The first-order chi connectivity index (χ1) is 12.3. The lowest BCUT2D eigenvalue weighted by Crippen LogP contribution is -2.00. The van der Waals surface area contributed by atoms with E-state index < -0.39 is 0 Å². The minimum atomic E-state index is 0.185. The second-order valence-electron chi connectivity index (χ2n) is 5.18. The summed E-state index contributed by atoms with van der Waals surface area (Å²) in [6.07, 6.45) is 5.39. The molecule has 4 rings (SSSR count). The third-order valence-corrected chi connectivity index (χ3v) is 3.97. The first-order valence-corrected chi connectivity index (χ1v) is 8.80. The van der Waals surface area contributed by atoms with Gasteiger partial charge in [0.25, 0.3) is 0 Å². The van der Waals surface area contributed by atoms with E-state index in [2.05, 4.69) is 20.3 Å². The Morgan fingerprint density at radius 3 is 2.76 bits per heavy atom. The van der Waals surface area contributed by atoms with E-state index in [1.165, 1.54) is 0 Å². The van der Waals surface area contributed by atoms with Crippen LogP contribution in [0.15, 0.2) is 47.4 Å². The molecule has 25 heavy (non-hydrogen) atoms. The zero-order valence-corrected chi connectivity index (χ0v) is 14.1. The van der Waals surface area contributed by atoms with Crippen molar-refractivity contribution < 1.29 is 9.37 Å². The van der Waals surface area contributed by atoms with Crippen LogP contribution >= 0.6 is 11.8 Å². The van der Waals surface area contributed by atoms with Gasteiger partial charge in [-0.05, 0) is 46.9 Å². The Balaban J connectivity index is 1.87. The highest BCUT2D eigenvalue weighted by Gasteiger charge is 2.20. The number of aromatic nitrogens is 5. The summed E-state index contributed by atoms with van der Waals surface area (Å²) in [6, 6.07) is 9.60. The van der Waals surface area contributed by atoms with E-state index in [1.54, 1.807) is 24.2 Å². The SMILES string of the molecule is CSCOc1ccc(-n2c(-c3nonc3N)nc3cnccc32)cc1. The zero-order chi connectivity index (χ0) is 17.2. The van der Waals surface area contributed by atoms with Crippen LogP contribution in [0.25, 0.3) is 28.2 Å². The van der Waals surface area contributed by atoms with Crippen LogP contribution in [0.1, 0.15) is 0 Å². The molecule has 0 spiro atoms. The molecule has 3 heterocycles. The van der Waals surface area contributed by atoms with Crippen LogP contribution in [0.4, 0.5) is 5.82 Å². The molecule has 126 valence electrons. The van der Waals surface area contributed by atoms with E-state index in [4.69, 9.17) is 15.1 Å². The standard InChI is InChI=1S/C16H14N6O2S/c1-25-9-23-11-4-2-10(3-5-11)22-13-6-7-18-8-12(13)19-16(22)14-15(17)21-24-20-14/h2-8H,9H2,1H3,(H2,17,21). The van der Waals surface area contributed by atoms with Crippen molar-refractivity contribution in [1.82, 2.24) is 24.8 Å². The lowest BCUT2D eigenvalue weighted by Gasteiger charge is -2.09. The molecule has 0 aliphatic rings. The number of imidazole rings is 1. The second-order valence-corrected chi connectivity index (χ2v) is 5.99.